The van der Waals surface area contributed by atoms with Gasteiger partial charge in [-0.2, -0.15) is 0 Å². The Balaban J connectivity index is 1.27. The van der Waals surface area contributed by atoms with Crippen LogP contribution < -0.4 is 16.0 Å². The van der Waals surface area contributed by atoms with Crippen molar-refractivity contribution >= 4 is 38.3 Å². The van der Waals surface area contributed by atoms with Crippen molar-refractivity contribution in [2.24, 2.45) is 0 Å². The summed E-state index contributed by atoms with van der Waals surface area (Å²) in [6.45, 7) is 9.41. The first-order valence-electron chi connectivity index (χ1n) is 18.4. The van der Waals surface area contributed by atoms with Crippen LogP contribution in [0.1, 0.15) is 69.9 Å². The number of aliphatic hydroxyl groups is 1. The van der Waals surface area contributed by atoms with E-state index in [1.807, 2.05) is 100 Å². The van der Waals surface area contributed by atoms with Crippen LogP contribution in [-0.4, -0.2) is 100 Å². The van der Waals surface area contributed by atoms with Crippen molar-refractivity contribution in [3.63, 3.8) is 0 Å². The van der Waals surface area contributed by atoms with Gasteiger partial charge in [0.15, 0.2) is 15.6 Å². The molecule has 2 amide bonds. The summed E-state index contributed by atoms with van der Waals surface area (Å²) in [4.78, 5) is 50.8. The van der Waals surface area contributed by atoms with Crippen molar-refractivity contribution in [2.75, 3.05) is 19.6 Å². The van der Waals surface area contributed by atoms with E-state index in [0.717, 1.165) is 16.5 Å². The molecule has 1 aliphatic heterocycles. The number of piperidine rings is 1. The summed E-state index contributed by atoms with van der Waals surface area (Å²) in [5, 5.41) is 21.1. The summed E-state index contributed by atoms with van der Waals surface area (Å²) in [6, 6.07) is 22.0. The molecule has 2 aromatic heterocycles. The van der Waals surface area contributed by atoms with Crippen LogP contribution in [0.3, 0.4) is 0 Å². The molecule has 54 heavy (non-hydrogen) atoms. The summed E-state index contributed by atoms with van der Waals surface area (Å²) in [7, 11) is -3.75. The van der Waals surface area contributed by atoms with Crippen LogP contribution in [0, 0.1) is 0 Å². The number of hydrogen-bond acceptors (Lipinski definition) is 10. The molecule has 0 aliphatic carbocycles. The summed E-state index contributed by atoms with van der Waals surface area (Å²) in [5.41, 5.74) is 0.668. The fraction of sp³-hybridized carbons (Fsp3) is 0.439. The number of carbonyl (C=O) groups is 3. The second-order valence-electron chi connectivity index (χ2n) is 15.8. The monoisotopic (exact) mass is 756 g/mol. The van der Waals surface area contributed by atoms with Crippen molar-refractivity contribution in [2.45, 2.75) is 99.7 Å². The normalized spacial score (nSPS) is 18.1. The van der Waals surface area contributed by atoms with Gasteiger partial charge in [-0.05, 0) is 83.7 Å². The number of rotatable bonds is 15. The molecule has 288 valence electrons. The SMILES string of the molecule is CC(C)(C)NC(=O)C1CC(S(=O)(=O)c2ccncc2)CCN1CC(O)C(Cc1ccccc1)NC(=O)CNC(C)(C)CC(=O)c1ccc2ccccc2n1. The van der Waals surface area contributed by atoms with Gasteiger partial charge in [0, 0.05) is 48.4 Å². The number of β-amino-alcohol motifs (C(OH)–C–C–N with tert-alkyl or cyclic N) is 1. The molecule has 4 N–H and O–H groups in total. The van der Waals surface area contributed by atoms with Crippen LogP contribution in [0.4, 0.5) is 0 Å². The summed E-state index contributed by atoms with van der Waals surface area (Å²) in [6.07, 6.45) is 2.48. The van der Waals surface area contributed by atoms with Gasteiger partial charge in [0.2, 0.25) is 11.8 Å². The molecule has 1 aliphatic rings. The second-order valence-corrected chi connectivity index (χ2v) is 18.0. The molecule has 4 aromatic rings. The highest BCUT2D eigenvalue weighted by Crippen LogP contribution is 2.29. The van der Waals surface area contributed by atoms with Gasteiger partial charge < -0.3 is 21.1 Å². The van der Waals surface area contributed by atoms with Crippen LogP contribution in [0.15, 0.2) is 96.2 Å². The number of carbonyl (C=O) groups excluding carboxylic acids is 3. The van der Waals surface area contributed by atoms with E-state index in [-0.39, 0.29) is 61.4 Å². The number of pyridine rings is 2. The number of nitrogens with one attached hydrogen (secondary N) is 3. The van der Waals surface area contributed by atoms with Crippen LogP contribution >= 0.6 is 0 Å². The number of likely N-dealkylation sites (tertiary alicyclic amines) is 1. The van der Waals surface area contributed by atoms with E-state index >= 15 is 0 Å². The van der Waals surface area contributed by atoms with Gasteiger partial charge in [-0.25, -0.2) is 13.4 Å². The summed E-state index contributed by atoms with van der Waals surface area (Å²) in [5.74, 6) is -0.852. The predicted molar refractivity (Wildman–Crippen MR) is 209 cm³/mol. The quantitative estimate of drug-likeness (QED) is 0.131. The lowest BCUT2D eigenvalue weighted by molar-refractivity contribution is -0.130. The molecule has 4 unspecified atom stereocenters. The Hall–Kier alpha value is -4.56. The highest BCUT2D eigenvalue weighted by molar-refractivity contribution is 7.92. The van der Waals surface area contributed by atoms with E-state index in [1.165, 1.54) is 24.5 Å². The smallest absolute Gasteiger partial charge is 0.237 e. The molecule has 13 heteroatoms. The fourth-order valence-corrected chi connectivity index (χ4v) is 8.54. The average Bonchev–Trinajstić information content (AvgIpc) is 3.13. The van der Waals surface area contributed by atoms with Crippen molar-refractivity contribution < 1.29 is 27.9 Å². The Morgan fingerprint density at radius 2 is 1.61 bits per heavy atom. The largest absolute Gasteiger partial charge is 0.390 e. The van der Waals surface area contributed by atoms with E-state index in [9.17, 15) is 27.9 Å². The standard InChI is InChI=1S/C41H52N6O6S/c1-40(2,3)46-39(51)35-24-31(54(52,53)30-17-20-42-21-18-30)19-22-47(35)27-37(49)34(23-28-11-7-6-8-12-28)45-38(50)26-43-41(4,5)25-36(48)33-16-15-29-13-9-10-14-32(29)44-33/h6-18,20-21,31,34-35,37,43,49H,19,22-27H2,1-5H3,(H,45,50)(H,46,51). The summed E-state index contributed by atoms with van der Waals surface area (Å²) < 4.78 is 27.2. The van der Waals surface area contributed by atoms with Gasteiger partial charge in [-0.3, -0.25) is 24.3 Å². The Bertz CT molecular complexity index is 2020. The topological polar surface area (TPSA) is 171 Å². The van der Waals surface area contributed by atoms with Crippen LogP contribution in [-0.2, 0) is 25.8 Å². The van der Waals surface area contributed by atoms with Crippen LogP contribution in [0.25, 0.3) is 10.9 Å². The van der Waals surface area contributed by atoms with Crippen molar-refractivity contribution in [3.8, 4) is 0 Å². The highest BCUT2D eigenvalue weighted by atomic mass is 32.2. The molecule has 5 rings (SSSR count). The molecule has 12 nitrogen and oxygen atoms in total. The molecular weight excluding hydrogens is 705 g/mol. The average molecular weight is 757 g/mol. The third-order valence-electron chi connectivity index (χ3n) is 9.63. The van der Waals surface area contributed by atoms with Gasteiger partial charge in [0.05, 0.1) is 40.4 Å². The molecule has 1 saturated heterocycles. The van der Waals surface area contributed by atoms with E-state index in [4.69, 9.17) is 0 Å². The van der Waals surface area contributed by atoms with E-state index in [1.54, 1.807) is 6.07 Å². The van der Waals surface area contributed by atoms with Gasteiger partial charge in [-0.1, -0.05) is 54.6 Å². The van der Waals surface area contributed by atoms with Crippen LogP contribution in [0.2, 0.25) is 0 Å². The maximum Gasteiger partial charge on any atom is 0.237 e. The van der Waals surface area contributed by atoms with Crippen molar-refractivity contribution in [1.29, 1.82) is 0 Å². The molecule has 2 aromatic carbocycles. The Morgan fingerprint density at radius 1 is 0.926 bits per heavy atom. The number of benzene rings is 2. The zero-order chi connectivity index (χ0) is 39.1. The molecule has 0 bridgehead atoms. The third-order valence-corrected chi connectivity index (χ3v) is 11.9. The maximum atomic E-state index is 13.7. The van der Waals surface area contributed by atoms with Gasteiger partial charge in [0.25, 0.3) is 0 Å². The molecule has 0 saturated carbocycles. The lowest BCUT2D eigenvalue weighted by Crippen LogP contribution is -2.60. The summed E-state index contributed by atoms with van der Waals surface area (Å²) >= 11 is 0. The Kier molecular flexibility index (Phi) is 13.0. The van der Waals surface area contributed by atoms with E-state index < -0.39 is 44.4 Å². The number of aliphatic hydroxyl groups excluding tert-OH is 1. The molecule has 0 radical (unpaired) electrons. The highest BCUT2D eigenvalue weighted by Gasteiger charge is 2.41. The van der Waals surface area contributed by atoms with Crippen LogP contribution in [0.5, 0.6) is 0 Å². The fourth-order valence-electron chi connectivity index (χ4n) is 6.80. The lowest BCUT2D eigenvalue weighted by Gasteiger charge is -2.41. The number of sulfone groups is 1. The molecular formula is C41H52N6O6S. The zero-order valence-electron chi connectivity index (χ0n) is 31.7. The first kappa shape index (κ1) is 40.6. The first-order valence-corrected chi connectivity index (χ1v) is 19.9. The molecule has 0 spiro atoms. The maximum absolute atomic E-state index is 13.7. The van der Waals surface area contributed by atoms with Gasteiger partial charge >= 0.3 is 0 Å². The molecule has 4 atom stereocenters. The minimum Gasteiger partial charge on any atom is -0.390 e. The number of para-hydroxylation sites is 1. The van der Waals surface area contributed by atoms with Gasteiger partial charge in [-0.15, -0.1) is 0 Å². The van der Waals surface area contributed by atoms with Crippen molar-refractivity contribution in [1.82, 2.24) is 30.8 Å². The number of ketones is 1. The Morgan fingerprint density at radius 3 is 2.31 bits per heavy atom. The van der Waals surface area contributed by atoms with E-state index in [0.29, 0.717) is 12.1 Å². The zero-order valence-corrected chi connectivity index (χ0v) is 32.5. The second kappa shape index (κ2) is 17.3. The third kappa shape index (κ3) is 11.0. The molecule has 1 fully saturated rings. The molecule has 3 heterocycles. The number of amides is 2. The number of Topliss-reactive ketones (excluding diaryl/α,β-unsaturated/α-hetero) is 1. The minimum atomic E-state index is -3.75. The van der Waals surface area contributed by atoms with Crippen molar-refractivity contribution in [3.05, 3.63) is 103 Å². The number of hydrogen-bond donors (Lipinski definition) is 4. The Labute approximate surface area is 318 Å². The minimum absolute atomic E-state index is 0.0220. The first-order chi connectivity index (χ1) is 25.5. The predicted octanol–water partition coefficient (Wildman–Crippen LogP) is 3.88. The number of fused-ring (bicyclic) bond motifs is 1. The van der Waals surface area contributed by atoms with E-state index in [2.05, 4.69) is 25.9 Å². The lowest BCUT2D eigenvalue weighted by atomic mass is 9.95. The number of nitrogens with zero attached hydrogens (tertiary/aromatic N) is 3. The number of aromatic nitrogens is 2. The van der Waals surface area contributed by atoms with Gasteiger partial charge in [0.1, 0.15) is 5.69 Å².